The standard InChI is InChI=1S/C6H6N2O2.Al.2H/c9-7-5-1-2-6(8-10)4-3-5;;;/h1-4H,(H2,7,8,9,10);;;/q;+1;;/p-1. The van der Waals surface area contributed by atoms with Crippen molar-refractivity contribution < 1.29 is 5.21 Å². The quantitative estimate of drug-likeness (QED) is 0.402. The van der Waals surface area contributed by atoms with Crippen molar-refractivity contribution in [2.75, 3.05) is 4.05 Å². The molecule has 0 aliphatic carbocycles. The Kier molecular flexibility index (Phi) is 2.60. The van der Waals surface area contributed by atoms with Gasteiger partial charge in [0.05, 0.1) is 0 Å². The summed E-state index contributed by atoms with van der Waals surface area (Å²) in [6.45, 7) is 0. The number of nitroso groups, excluding NO2 is 1. The SMILES string of the molecule is O=Nc1ccc([N](O)[AlH2])cc1. The molecule has 0 radical (unpaired) electrons. The first-order chi connectivity index (χ1) is 5.24. The highest BCUT2D eigenvalue weighted by Gasteiger charge is 1.95. The molecular formula is C6H7AlN2O2. The fourth-order valence-electron chi connectivity index (χ4n) is 0.729. The summed E-state index contributed by atoms with van der Waals surface area (Å²) in [6, 6.07) is 6.40. The van der Waals surface area contributed by atoms with Crippen LogP contribution in [0.3, 0.4) is 0 Å². The van der Waals surface area contributed by atoms with E-state index in [0.717, 1.165) is 4.05 Å². The second kappa shape index (κ2) is 3.49. The topological polar surface area (TPSA) is 52.9 Å². The summed E-state index contributed by atoms with van der Waals surface area (Å²) < 4.78 is 1.11. The van der Waals surface area contributed by atoms with Crippen molar-refractivity contribution in [3.05, 3.63) is 29.2 Å². The van der Waals surface area contributed by atoms with E-state index < -0.39 is 0 Å². The molecule has 0 aromatic heterocycles. The van der Waals surface area contributed by atoms with E-state index in [0.29, 0.717) is 27.9 Å². The molecule has 5 heteroatoms. The van der Waals surface area contributed by atoms with Gasteiger partial charge in [0, 0.05) is 5.69 Å². The molecule has 0 aliphatic rings. The number of hydrogen-bond acceptors (Lipinski definition) is 4. The molecular weight excluding hydrogens is 159 g/mol. The molecule has 0 bridgehead atoms. The van der Waals surface area contributed by atoms with Gasteiger partial charge in [0.25, 0.3) is 0 Å². The van der Waals surface area contributed by atoms with E-state index in [4.69, 9.17) is 5.21 Å². The van der Waals surface area contributed by atoms with Crippen LogP contribution in [0.1, 0.15) is 0 Å². The second-order valence-electron chi connectivity index (χ2n) is 2.13. The lowest BCUT2D eigenvalue weighted by Crippen LogP contribution is -2.11. The van der Waals surface area contributed by atoms with E-state index in [-0.39, 0.29) is 0 Å². The van der Waals surface area contributed by atoms with Gasteiger partial charge < -0.3 is 9.25 Å². The minimum Gasteiger partial charge on any atom is -0.362 e. The largest absolute Gasteiger partial charge is 0.405 e. The van der Waals surface area contributed by atoms with Crippen molar-refractivity contribution in [3.8, 4) is 0 Å². The third kappa shape index (κ3) is 2.02. The van der Waals surface area contributed by atoms with Crippen molar-refractivity contribution in [2.24, 2.45) is 5.18 Å². The maximum absolute atomic E-state index is 9.97. The number of benzene rings is 1. The smallest absolute Gasteiger partial charge is 0.362 e. The van der Waals surface area contributed by atoms with Gasteiger partial charge >= 0.3 is 16.5 Å². The summed E-state index contributed by atoms with van der Waals surface area (Å²) in [4.78, 5) is 9.97. The highest BCUT2D eigenvalue weighted by molar-refractivity contribution is 6.16. The van der Waals surface area contributed by atoms with E-state index >= 15 is 0 Å². The van der Waals surface area contributed by atoms with Crippen LogP contribution in [0.15, 0.2) is 29.4 Å². The number of hydrogen-bond donors (Lipinski definition) is 1. The molecule has 0 atom stereocenters. The van der Waals surface area contributed by atoms with Gasteiger partial charge in [0.1, 0.15) is 5.69 Å². The molecule has 0 saturated carbocycles. The van der Waals surface area contributed by atoms with Crippen LogP contribution in [0.5, 0.6) is 0 Å². The van der Waals surface area contributed by atoms with E-state index in [2.05, 4.69) is 5.18 Å². The van der Waals surface area contributed by atoms with Gasteiger partial charge in [-0.2, -0.15) is 0 Å². The molecule has 1 aromatic rings. The lowest BCUT2D eigenvalue weighted by atomic mass is 10.3. The van der Waals surface area contributed by atoms with Crippen molar-refractivity contribution in [3.63, 3.8) is 0 Å². The van der Waals surface area contributed by atoms with Gasteiger partial charge in [-0.25, -0.2) is 0 Å². The van der Waals surface area contributed by atoms with Crippen molar-refractivity contribution in [1.29, 1.82) is 0 Å². The highest BCUT2D eigenvalue weighted by atomic mass is 27.1. The molecule has 4 nitrogen and oxygen atoms in total. The van der Waals surface area contributed by atoms with E-state index in [1.165, 1.54) is 0 Å². The van der Waals surface area contributed by atoms with Crippen LogP contribution >= 0.6 is 0 Å². The van der Waals surface area contributed by atoms with Crippen LogP contribution in [0.25, 0.3) is 0 Å². The van der Waals surface area contributed by atoms with Crippen LogP contribution in [0, 0.1) is 4.91 Å². The lowest BCUT2D eigenvalue weighted by Gasteiger charge is -2.10. The predicted molar refractivity (Wildman–Crippen MR) is 44.7 cm³/mol. The maximum atomic E-state index is 9.97. The summed E-state index contributed by atoms with van der Waals surface area (Å²) in [5.41, 5.74) is 1.06. The first-order valence-electron chi connectivity index (χ1n) is 3.10. The van der Waals surface area contributed by atoms with Crippen LogP contribution < -0.4 is 4.05 Å². The summed E-state index contributed by atoms with van der Waals surface area (Å²) in [5, 5.41) is 11.7. The van der Waals surface area contributed by atoms with E-state index in [1.807, 2.05) is 0 Å². The minimum atomic E-state index is 0.372. The van der Waals surface area contributed by atoms with Crippen LogP contribution in [-0.4, -0.2) is 21.7 Å². The Labute approximate surface area is 72.0 Å². The third-order valence-corrected chi connectivity index (χ3v) is 1.85. The van der Waals surface area contributed by atoms with Crippen LogP contribution in [0.2, 0.25) is 0 Å². The molecule has 1 aromatic carbocycles. The van der Waals surface area contributed by atoms with Crippen molar-refractivity contribution >= 4 is 27.9 Å². The Morgan fingerprint density at radius 1 is 1.36 bits per heavy atom. The van der Waals surface area contributed by atoms with Gasteiger partial charge in [-0.05, 0) is 29.4 Å². The molecule has 0 amide bonds. The Balaban J connectivity index is 2.91. The van der Waals surface area contributed by atoms with Gasteiger partial charge in [-0.1, -0.05) is 0 Å². The summed E-state index contributed by atoms with van der Waals surface area (Å²) in [6.07, 6.45) is 0. The monoisotopic (exact) mass is 166 g/mol. The zero-order chi connectivity index (χ0) is 8.27. The number of nitrogens with zero attached hydrogens (tertiary/aromatic N) is 2. The van der Waals surface area contributed by atoms with Gasteiger partial charge in [-0.15, -0.1) is 4.91 Å². The molecule has 0 spiro atoms. The molecule has 0 saturated heterocycles. The normalized spacial score (nSPS) is 9.18. The van der Waals surface area contributed by atoms with Crippen LogP contribution in [-0.2, 0) is 0 Å². The van der Waals surface area contributed by atoms with Crippen molar-refractivity contribution in [2.45, 2.75) is 0 Å². The zero-order valence-electron chi connectivity index (χ0n) is 6.06. The highest BCUT2D eigenvalue weighted by Crippen LogP contribution is 2.16. The molecule has 11 heavy (non-hydrogen) atoms. The molecule has 0 fully saturated rings. The Morgan fingerprint density at radius 2 is 1.91 bits per heavy atom. The number of rotatable bonds is 2. The molecule has 0 heterocycles. The average molecular weight is 166 g/mol. The van der Waals surface area contributed by atoms with E-state index in [9.17, 15) is 4.91 Å². The Bertz CT molecular complexity index is 247. The van der Waals surface area contributed by atoms with Crippen LogP contribution in [0.4, 0.5) is 11.4 Å². The van der Waals surface area contributed by atoms with Crippen molar-refractivity contribution in [1.82, 2.24) is 0 Å². The fraction of sp³-hybridized carbons (Fsp3) is 0. The zero-order valence-corrected chi connectivity index (χ0v) is 8.06. The predicted octanol–water partition coefficient (Wildman–Crippen LogP) is 0.828. The Morgan fingerprint density at radius 3 is 2.27 bits per heavy atom. The Hall–Kier alpha value is -0.888. The third-order valence-electron chi connectivity index (χ3n) is 1.33. The maximum Gasteiger partial charge on any atom is 0.405 e. The summed E-state index contributed by atoms with van der Waals surface area (Å²) in [5.74, 6) is 0. The second-order valence-corrected chi connectivity index (χ2v) is 2.98. The minimum absolute atomic E-state index is 0.372. The fourth-order valence-corrected chi connectivity index (χ4v) is 1.03. The molecule has 1 rings (SSSR count). The van der Waals surface area contributed by atoms with Gasteiger partial charge in [0.15, 0.2) is 0 Å². The lowest BCUT2D eigenvalue weighted by molar-refractivity contribution is 0.325. The molecule has 1 N–H and O–H groups in total. The first-order valence-corrected chi connectivity index (χ1v) is 3.99. The molecule has 0 aliphatic heterocycles. The molecule has 0 unspecified atom stereocenters. The average Bonchev–Trinajstić information content (AvgIpc) is 2.05. The van der Waals surface area contributed by atoms with E-state index in [1.54, 1.807) is 24.3 Å². The molecule has 56 valence electrons. The van der Waals surface area contributed by atoms with Gasteiger partial charge in [-0.3, -0.25) is 0 Å². The van der Waals surface area contributed by atoms with Gasteiger partial charge in [0.2, 0.25) is 0 Å². The summed E-state index contributed by atoms with van der Waals surface area (Å²) >= 11 is 0.536. The first kappa shape index (κ1) is 8.21. The number of anilines is 1. The summed E-state index contributed by atoms with van der Waals surface area (Å²) in [7, 11) is 0.